The molecule has 10 nitrogen and oxygen atoms in total. The molecule has 11 heteroatoms. The van der Waals surface area contributed by atoms with Gasteiger partial charge < -0.3 is 25.0 Å². The molecule has 0 spiro atoms. The summed E-state index contributed by atoms with van der Waals surface area (Å²) in [7, 11) is 1.56. The zero-order valence-corrected chi connectivity index (χ0v) is 21.1. The lowest BCUT2D eigenvalue weighted by atomic mass is 9.98. The summed E-state index contributed by atoms with van der Waals surface area (Å²) in [4.78, 5) is 28.2. The fourth-order valence-electron chi connectivity index (χ4n) is 4.71. The molecule has 3 aromatic rings. The van der Waals surface area contributed by atoms with Crippen molar-refractivity contribution in [2.75, 3.05) is 45.2 Å². The Balaban J connectivity index is 1.16. The number of pyridine rings is 2. The lowest BCUT2D eigenvalue weighted by Crippen LogP contribution is -2.41. The van der Waals surface area contributed by atoms with Crippen LogP contribution in [0.15, 0.2) is 41.5 Å². The molecule has 1 unspecified atom stereocenters. The van der Waals surface area contributed by atoms with Crippen LogP contribution in [0.2, 0.25) is 5.02 Å². The maximum absolute atomic E-state index is 12.5. The normalized spacial score (nSPS) is 17.9. The van der Waals surface area contributed by atoms with E-state index in [1.165, 1.54) is 6.20 Å². The van der Waals surface area contributed by atoms with Crippen LogP contribution in [0.25, 0.3) is 11.2 Å². The number of hydrogen-bond acceptors (Lipinski definition) is 9. The number of anilines is 1. The Morgan fingerprint density at radius 3 is 3.08 bits per heavy atom. The maximum atomic E-state index is 12.5. The van der Waals surface area contributed by atoms with Crippen LogP contribution in [-0.4, -0.2) is 64.3 Å². The van der Waals surface area contributed by atoms with Gasteiger partial charge in [0, 0.05) is 44.0 Å². The van der Waals surface area contributed by atoms with Gasteiger partial charge in [0.05, 0.1) is 24.0 Å². The van der Waals surface area contributed by atoms with E-state index < -0.39 is 0 Å². The molecule has 0 aromatic carbocycles. The molecule has 1 atom stereocenters. The summed E-state index contributed by atoms with van der Waals surface area (Å²) in [6.07, 6.45) is 3.63. The van der Waals surface area contributed by atoms with E-state index in [-0.39, 0.29) is 5.56 Å². The molecule has 0 bridgehead atoms. The first-order chi connectivity index (χ1) is 17.5. The zero-order chi connectivity index (χ0) is 25.1. The van der Waals surface area contributed by atoms with E-state index in [0.717, 1.165) is 50.4 Å². The topological polar surface area (TPSA) is 106 Å². The Labute approximate surface area is 214 Å². The van der Waals surface area contributed by atoms with E-state index in [1.807, 2.05) is 6.07 Å². The third kappa shape index (κ3) is 5.45. The van der Waals surface area contributed by atoms with Crippen molar-refractivity contribution < 1.29 is 9.47 Å². The fourth-order valence-corrected chi connectivity index (χ4v) is 4.92. The fraction of sp³-hybridized carbons (Fsp3) is 0.440. The number of ether oxygens (including phenoxy) is 2. The van der Waals surface area contributed by atoms with Gasteiger partial charge in [-0.05, 0) is 37.9 Å². The van der Waals surface area contributed by atoms with Crippen LogP contribution in [-0.2, 0) is 13.1 Å². The summed E-state index contributed by atoms with van der Waals surface area (Å²) in [6.45, 7) is 9.03. The summed E-state index contributed by atoms with van der Waals surface area (Å²) in [5.74, 6) is 2.27. The summed E-state index contributed by atoms with van der Waals surface area (Å²) in [5.41, 5.74) is 2.62. The number of piperidine rings is 1. The molecule has 2 N–H and O–H groups in total. The van der Waals surface area contributed by atoms with E-state index in [9.17, 15) is 4.79 Å². The van der Waals surface area contributed by atoms with Gasteiger partial charge >= 0.3 is 0 Å². The van der Waals surface area contributed by atoms with Gasteiger partial charge in [-0.3, -0.25) is 9.36 Å². The van der Waals surface area contributed by atoms with E-state index in [0.29, 0.717) is 59.2 Å². The number of fused-ring (bicyclic) bond motifs is 2. The van der Waals surface area contributed by atoms with Gasteiger partial charge in [0.25, 0.3) is 5.56 Å². The van der Waals surface area contributed by atoms with E-state index in [2.05, 4.69) is 37.1 Å². The molecule has 0 amide bonds. The number of likely N-dealkylation sites (tertiary alicyclic amines) is 1. The van der Waals surface area contributed by atoms with Crippen molar-refractivity contribution in [2.45, 2.75) is 25.9 Å². The largest absolute Gasteiger partial charge is 0.483 e. The van der Waals surface area contributed by atoms with E-state index >= 15 is 0 Å². The predicted octanol–water partition coefficient (Wildman–Crippen LogP) is 2.67. The SMILES string of the molecule is C=C1COc2cc(Cl)c(CNCC3CCCN(CCn4c(=O)cnc5ccc(OC)nc54)C3)nc2N1. The number of aromatic nitrogens is 4. The first-order valence-corrected chi connectivity index (χ1v) is 12.5. The Hall–Kier alpha value is -3.21. The van der Waals surface area contributed by atoms with Crippen LogP contribution in [0.3, 0.4) is 0 Å². The van der Waals surface area contributed by atoms with Crippen LogP contribution >= 0.6 is 11.6 Å². The molecule has 0 radical (unpaired) electrons. The maximum Gasteiger partial charge on any atom is 0.270 e. The molecule has 36 heavy (non-hydrogen) atoms. The monoisotopic (exact) mass is 511 g/mol. The Kier molecular flexibility index (Phi) is 7.35. The van der Waals surface area contributed by atoms with Crippen molar-refractivity contribution in [1.82, 2.24) is 29.7 Å². The number of nitrogens with zero attached hydrogens (tertiary/aromatic N) is 5. The smallest absolute Gasteiger partial charge is 0.270 e. The molecule has 2 aliphatic heterocycles. The molecule has 1 saturated heterocycles. The van der Waals surface area contributed by atoms with Crippen molar-refractivity contribution in [1.29, 1.82) is 0 Å². The Morgan fingerprint density at radius 1 is 1.33 bits per heavy atom. The molecule has 5 rings (SSSR count). The van der Waals surface area contributed by atoms with Crippen molar-refractivity contribution in [3.8, 4) is 11.6 Å². The van der Waals surface area contributed by atoms with Crippen LogP contribution in [0.5, 0.6) is 11.6 Å². The molecule has 0 aliphatic carbocycles. The highest BCUT2D eigenvalue weighted by atomic mass is 35.5. The minimum atomic E-state index is -0.156. The summed E-state index contributed by atoms with van der Waals surface area (Å²) < 4.78 is 12.5. The summed E-state index contributed by atoms with van der Waals surface area (Å²) in [5, 5.41) is 7.26. The highest BCUT2D eigenvalue weighted by Crippen LogP contribution is 2.32. The van der Waals surface area contributed by atoms with Crippen LogP contribution in [0, 0.1) is 5.92 Å². The Bertz CT molecular complexity index is 1330. The highest BCUT2D eigenvalue weighted by Gasteiger charge is 2.21. The number of halogens is 1. The third-order valence-electron chi connectivity index (χ3n) is 6.55. The quantitative estimate of drug-likeness (QED) is 0.472. The predicted molar refractivity (Wildman–Crippen MR) is 139 cm³/mol. The number of rotatable bonds is 8. The lowest BCUT2D eigenvalue weighted by Gasteiger charge is -2.33. The number of nitrogens with one attached hydrogen (secondary N) is 2. The zero-order valence-electron chi connectivity index (χ0n) is 20.3. The molecular weight excluding hydrogens is 482 g/mol. The lowest BCUT2D eigenvalue weighted by molar-refractivity contribution is 0.167. The van der Waals surface area contributed by atoms with Gasteiger partial charge in [-0.15, -0.1) is 0 Å². The second-order valence-electron chi connectivity index (χ2n) is 9.17. The van der Waals surface area contributed by atoms with Crippen molar-refractivity contribution in [3.05, 3.63) is 57.7 Å². The molecule has 5 heterocycles. The highest BCUT2D eigenvalue weighted by molar-refractivity contribution is 6.31. The van der Waals surface area contributed by atoms with Gasteiger partial charge in [-0.2, -0.15) is 4.98 Å². The van der Waals surface area contributed by atoms with Crippen molar-refractivity contribution >= 4 is 28.6 Å². The van der Waals surface area contributed by atoms with Gasteiger partial charge in [-0.25, -0.2) is 9.97 Å². The number of hydrogen-bond donors (Lipinski definition) is 2. The molecule has 0 saturated carbocycles. The average molecular weight is 512 g/mol. The third-order valence-corrected chi connectivity index (χ3v) is 6.88. The van der Waals surface area contributed by atoms with Crippen molar-refractivity contribution in [2.24, 2.45) is 5.92 Å². The molecule has 1 fully saturated rings. The standard InChI is InChI=1S/C25H30ClN7O3/c1-16-15-36-21-10-18(26)20(30-24(21)29-16)12-27-11-17-4-3-7-32(14-17)8-9-33-23(34)13-28-19-5-6-22(35-2)31-25(19)33/h5-6,10,13,17,27H,1,3-4,7-9,11-12,14-15H2,2H3,(H,29,30). The van der Waals surface area contributed by atoms with Gasteiger partial charge in [0.2, 0.25) is 5.88 Å². The summed E-state index contributed by atoms with van der Waals surface area (Å²) in [6, 6.07) is 5.38. The van der Waals surface area contributed by atoms with Gasteiger partial charge in [0.15, 0.2) is 17.2 Å². The summed E-state index contributed by atoms with van der Waals surface area (Å²) >= 11 is 6.43. The van der Waals surface area contributed by atoms with Crippen LogP contribution in [0.4, 0.5) is 5.82 Å². The van der Waals surface area contributed by atoms with Crippen LogP contribution < -0.4 is 25.7 Å². The van der Waals surface area contributed by atoms with Crippen molar-refractivity contribution in [3.63, 3.8) is 0 Å². The second kappa shape index (κ2) is 10.8. The first-order valence-electron chi connectivity index (χ1n) is 12.1. The molecule has 190 valence electrons. The number of methoxy groups -OCH3 is 1. The molecular formula is C25H30ClN7O3. The van der Waals surface area contributed by atoms with E-state index in [4.69, 9.17) is 21.1 Å². The Morgan fingerprint density at radius 2 is 2.22 bits per heavy atom. The van der Waals surface area contributed by atoms with Crippen LogP contribution in [0.1, 0.15) is 18.5 Å². The second-order valence-corrected chi connectivity index (χ2v) is 9.57. The minimum absolute atomic E-state index is 0.156. The first kappa shape index (κ1) is 24.5. The van der Waals surface area contributed by atoms with E-state index in [1.54, 1.807) is 23.8 Å². The van der Waals surface area contributed by atoms with Gasteiger partial charge in [0.1, 0.15) is 12.1 Å². The minimum Gasteiger partial charge on any atom is -0.483 e. The molecule has 3 aromatic heterocycles. The average Bonchev–Trinajstić information content (AvgIpc) is 2.88. The van der Waals surface area contributed by atoms with Gasteiger partial charge in [-0.1, -0.05) is 18.2 Å². The molecule has 2 aliphatic rings.